The number of carboxylic acids is 1. The molecule has 0 aromatic carbocycles. The highest BCUT2D eigenvalue weighted by Crippen LogP contribution is 2.23. The molecule has 0 bridgehead atoms. The number of aromatic carboxylic acids is 1. The average Bonchev–Trinajstić information content (AvgIpc) is 2.64. The van der Waals surface area contributed by atoms with Crippen molar-refractivity contribution in [1.29, 1.82) is 0 Å². The Morgan fingerprint density at radius 1 is 1.47 bits per heavy atom. The number of hydrogen-bond donors (Lipinski definition) is 1. The number of ether oxygens (including phenoxy) is 1. The van der Waals surface area contributed by atoms with Gasteiger partial charge in [0, 0.05) is 7.05 Å². The Bertz CT molecular complexity index is 427. The third-order valence-corrected chi connectivity index (χ3v) is 3.38. The van der Waals surface area contributed by atoms with Gasteiger partial charge in [-0.15, -0.1) is 0 Å². The first-order valence-corrected chi connectivity index (χ1v) is 6.90. The standard InChI is InChI=1S/C14H24N2O3/c1-5-7-8-11(6-2)9-19-13-12(14(17)18)10(3)15-16(13)4/h11H,5-9H2,1-4H3,(H,17,18). The number of unbranched alkanes of at least 4 members (excludes halogenated alkanes) is 1. The highest BCUT2D eigenvalue weighted by molar-refractivity contribution is 5.91. The third-order valence-electron chi connectivity index (χ3n) is 3.38. The zero-order valence-corrected chi connectivity index (χ0v) is 12.3. The Kier molecular flexibility index (Phi) is 5.86. The van der Waals surface area contributed by atoms with Crippen LogP contribution in [0.3, 0.4) is 0 Å². The van der Waals surface area contributed by atoms with E-state index in [0.29, 0.717) is 24.1 Å². The molecular formula is C14H24N2O3. The molecule has 0 aliphatic rings. The van der Waals surface area contributed by atoms with Crippen LogP contribution in [-0.2, 0) is 7.05 Å². The van der Waals surface area contributed by atoms with Gasteiger partial charge in [-0.05, 0) is 19.3 Å². The normalized spacial score (nSPS) is 12.4. The van der Waals surface area contributed by atoms with Crippen LogP contribution < -0.4 is 4.74 Å². The second-order valence-corrected chi connectivity index (χ2v) is 4.92. The summed E-state index contributed by atoms with van der Waals surface area (Å²) in [7, 11) is 1.71. The molecule has 108 valence electrons. The van der Waals surface area contributed by atoms with Gasteiger partial charge in [-0.25, -0.2) is 9.48 Å². The number of rotatable bonds is 8. The summed E-state index contributed by atoms with van der Waals surface area (Å²) < 4.78 is 7.23. The molecule has 0 radical (unpaired) electrons. The van der Waals surface area contributed by atoms with Gasteiger partial charge in [0.1, 0.15) is 5.56 Å². The minimum absolute atomic E-state index is 0.174. The van der Waals surface area contributed by atoms with E-state index in [1.807, 2.05) is 0 Å². The summed E-state index contributed by atoms with van der Waals surface area (Å²) in [6.45, 7) is 6.54. The first-order valence-electron chi connectivity index (χ1n) is 6.90. The lowest BCUT2D eigenvalue weighted by Gasteiger charge is -2.15. The van der Waals surface area contributed by atoms with Crippen LogP contribution in [0, 0.1) is 12.8 Å². The maximum absolute atomic E-state index is 11.2. The van der Waals surface area contributed by atoms with Crippen LogP contribution in [0.1, 0.15) is 55.6 Å². The van der Waals surface area contributed by atoms with E-state index in [1.54, 1.807) is 14.0 Å². The summed E-state index contributed by atoms with van der Waals surface area (Å²) in [6.07, 6.45) is 4.51. The molecule has 0 spiro atoms. The van der Waals surface area contributed by atoms with Gasteiger partial charge in [0.2, 0.25) is 5.88 Å². The topological polar surface area (TPSA) is 64.3 Å². The highest BCUT2D eigenvalue weighted by Gasteiger charge is 2.21. The average molecular weight is 268 g/mol. The summed E-state index contributed by atoms with van der Waals surface area (Å²) in [5, 5.41) is 13.3. The van der Waals surface area contributed by atoms with E-state index in [1.165, 1.54) is 17.5 Å². The fourth-order valence-corrected chi connectivity index (χ4v) is 2.14. The minimum Gasteiger partial charge on any atom is -0.477 e. The SMILES string of the molecule is CCCCC(CC)COc1c(C(=O)O)c(C)nn1C. The Hall–Kier alpha value is -1.52. The van der Waals surface area contributed by atoms with Crippen molar-refractivity contribution in [2.75, 3.05) is 6.61 Å². The molecule has 0 saturated heterocycles. The molecule has 1 unspecified atom stereocenters. The predicted molar refractivity (Wildman–Crippen MR) is 73.7 cm³/mol. The molecule has 0 amide bonds. The molecule has 1 rings (SSSR count). The van der Waals surface area contributed by atoms with Crippen molar-refractivity contribution in [3.8, 4) is 5.88 Å². The molecule has 1 N–H and O–H groups in total. The second kappa shape index (κ2) is 7.16. The number of carbonyl (C=O) groups is 1. The summed E-state index contributed by atoms with van der Waals surface area (Å²) >= 11 is 0. The van der Waals surface area contributed by atoms with E-state index in [2.05, 4.69) is 18.9 Å². The van der Waals surface area contributed by atoms with Crippen LogP contribution in [0.5, 0.6) is 5.88 Å². The first kappa shape index (κ1) is 15.5. The number of aryl methyl sites for hydroxylation is 2. The molecular weight excluding hydrogens is 244 g/mol. The quantitative estimate of drug-likeness (QED) is 0.787. The van der Waals surface area contributed by atoms with Crippen molar-refractivity contribution in [2.24, 2.45) is 13.0 Å². The molecule has 5 nitrogen and oxygen atoms in total. The lowest BCUT2D eigenvalue weighted by molar-refractivity contribution is 0.0689. The van der Waals surface area contributed by atoms with Gasteiger partial charge in [0.25, 0.3) is 0 Å². The Morgan fingerprint density at radius 2 is 2.16 bits per heavy atom. The van der Waals surface area contributed by atoms with Crippen molar-refractivity contribution in [1.82, 2.24) is 9.78 Å². The van der Waals surface area contributed by atoms with Crippen molar-refractivity contribution < 1.29 is 14.6 Å². The fraction of sp³-hybridized carbons (Fsp3) is 0.714. The van der Waals surface area contributed by atoms with Crippen LogP contribution in [0.15, 0.2) is 0 Å². The second-order valence-electron chi connectivity index (χ2n) is 4.92. The lowest BCUT2D eigenvalue weighted by atomic mass is 10.0. The zero-order chi connectivity index (χ0) is 14.4. The van der Waals surface area contributed by atoms with E-state index in [9.17, 15) is 9.90 Å². The zero-order valence-electron chi connectivity index (χ0n) is 12.3. The minimum atomic E-state index is -0.984. The van der Waals surface area contributed by atoms with Crippen molar-refractivity contribution in [3.05, 3.63) is 11.3 Å². The van der Waals surface area contributed by atoms with Gasteiger partial charge in [-0.2, -0.15) is 5.10 Å². The maximum Gasteiger partial charge on any atom is 0.343 e. The van der Waals surface area contributed by atoms with Gasteiger partial charge in [0.15, 0.2) is 0 Å². The fourth-order valence-electron chi connectivity index (χ4n) is 2.14. The van der Waals surface area contributed by atoms with Gasteiger partial charge in [-0.1, -0.05) is 33.1 Å². The molecule has 1 heterocycles. The Morgan fingerprint density at radius 3 is 2.68 bits per heavy atom. The lowest BCUT2D eigenvalue weighted by Crippen LogP contribution is -2.14. The van der Waals surface area contributed by atoms with Crippen LogP contribution in [-0.4, -0.2) is 27.5 Å². The summed E-state index contributed by atoms with van der Waals surface area (Å²) in [6, 6.07) is 0. The highest BCUT2D eigenvalue weighted by atomic mass is 16.5. The molecule has 19 heavy (non-hydrogen) atoms. The largest absolute Gasteiger partial charge is 0.477 e. The van der Waals surface area contributed by atoms with E-state index in [-0.39, 0.29) is 5.56 Å². The summed E-state index contributed by atoms with van der Waals surface area (Å²) in [5.74, 6) is -0.154. The molecule has 1 atom stereocenters. The Balaban J connectivity index is 2.73. The summed E-state index contributed by atoms with van der Waals surface area (Å²) in [4.78, 5) is 11.2. The van der Waals surface area contributed by atoms with Crippen LogP contribution in [0.2, 0.25) is 0 Å². The first-order chi connectivity index (χ1) is 9.01. The Labute approximate surface area is 114 Å². The number of carboxylic acid groups (broad SMARTS) is 1. The number of nitrogens with zero attached hydrogens (tertiary/aromatic N) is 2. The smallest absolute Gasteiger partial charge is 0.343 e. The van der Waals surface area contributed by atoms with Crippen molar-refractivity contribution >= 4 is 5.97 Å². The third kappa shape index (κ3) is 3.98. The van der Waals surface area contributed by atoms with E-state index < -0.39 is 5.97 Å². The predicted octanol–water partition coefficient (Wildman–Crippen LogP) is 3.02. The van der Waals surface area contributed by atoms with Crippen LogP contribution in [0.25, 0.3) is 0 Å². The van der Waals surface area contributed by atoms with Gasteiger partial charge in [-0.3, -0.25) is 0 Å². The van der Waals surface area contributed by atoms with E-state index in [4.69, 9.17) is 4.74 Å². The molecule has 0 aliphatic carbocycles. The maximum atomic E-state index is 11.2. The molecule has 0 fully saturated rings. The van der Waals surface area contributed by atoms with Gasteiger partial charge in [0.05, 0.1) is 12.3 Å². The van der Waals surface area contributed by atoms with Crippen molar-refractivity contribution in [2.45, 2.75) is 46.5 Å². The van der Waals surface area contributed by atoms with Gasteiger partial charge < -0.3 is 9.84 Å². The molecule has 0 saturated carbocycles. The summed E-state index contributed by atoms with van der Waals surface area (Å²) in [5.41, 5.74) is 0.666. The number of hydrogen-bond acceptors (Lipinski definition) is 3. The van der Waals surface area contributed by atoms with E-state index in [0.717, 1.165) is 12.8 Å². The number of aromatic nitrogens is 2. The van der Waals surface area contributed by atoms with Crippen molar-refractivity contribution in [3.63, 3.8) is 0 Å². The molecule has 5 heteroatoms. The van der Waals surface area contributed by atoms with Gasteiger partial charge >= 0.3 is 5.97 Å². The van der Waals surface area contributed by atoms with E-state index >= 15 is 0 Å². The van der Waals surface area contributed by atoms with Crippen LogP contribution in [0.4, 0.5) is 0 Å². The molecule has 1 aromatic heterocycles. The molecule has 1 aromatic rings. The monoisotopic (exact) mass is 268 g/mol. The van der Waals surface area contributed by atoms with Crippen LogP contribution >= 0.6 is 0 Å². The molecule has 0 aliphatic heterocycles.